The Bertz CT molecular complexity index is 612. The fourth-order valence-electron chi connectivity index (χ4n) is 1.54. The first-order valence-corrected chi connectivity index (χ1v) is 6.97. The van der Waals surface area contributed by atoms with Gasteiger partial charge in [0.15, 0.2) is 0 Å². The Morgan fingerprint density at radius 1 is 1.13 bits per heavy atom. The van der Waals surface area contributed by atoms with Crippen LogP contribution in [-0.2, 0) is 0 Å². The van der Waals surface area contributed by atoms with Gasteiger partial charge in [-0.25, -0.2) is 4.98 Å². The largest absolute Gasteiger partial charge is 0.229 e. The highest BCUT2D eigenvalue weighted by Crippen LogP contribution is 2.34. The zero-order valence-corrected chi connectivity index (χ0v) is 10.8. The molecule has 4 heteroatoms. The van der Waals surface area contributed by atoms with Crippen molar-refractivity contribution in [2.75, 3.05) is 0 Å². The number of fused-ring (bicyclic) bond motifs is 1. The molecule has 1 nitrogen and oxygen atoms in total. The number of benzene rings is 1. The summed E-state index contributed by atoms with van der Waals surface area (Å²) in [6, 6.07) is 8.49. The van der Waals surface area contributed by atoms with Crippen LogP contribution in [0.2, 0.25) is 0 Å². The lowest BCUT2D eigenvalue weighted by Crippen LogP contribution is -1.75. The molecular formula is C11H6BrNS2. The second kappa shape index (κ2) is 3.70. The Kier molecular flexibility index (Phi) is 2.35. The molecule has 0 N–H and O–H groups in total. The summed E-state index contributed by atoms with van der Waals surface area (Å²) >= 11 is 6.83. The van der Waals surface area contributed by atoms with Crippen LogP contribution in [0, 0.1) is 0 Å². The molecule has 0 radical (unpaired) electrons. The Morgan fingerprint density at radius 2 is 2.07 bits per heavy atom. The van der Waals surface area contributed by atoms with Gasteiger partial charge in [-0.2, -0.15) is 0 Å². The molecule has 0 spiro atoms. The third-order valence-electron chi connectivity index (χ3n) is 2.19. The number of rotatable bonds is 1. The quantitative estimate of drug-likeness (QED) is 0.629. The van der Waals surface area contributed by atoms with Crippen molar-refractivity contribution in [1.29, 1.82) is 0 Å². The van der Waals surface area contributed by atoms with E-state index in [1.54, 1.807) is 22.7 Å². The molecule has 0 saturated carbocycles. The van der Waals surface area contributed by atoms with Crippen molar-refractivity contribution in [1.82, 2.24) is 4.98 Å². The molecule has 3 aromatic rings. The molecule has 0 fully saturated rings. The third kappa shape index (κ3) is 1.62. The van der Waals surface area contributed by atoms with Crippen molar-refractivity contribution in [3.8, 4) is 10.6 Å². The lowest BCUT2D eigenvalue weighted by molar-refractivity contribution is 1.37. The number of hydrogen-bond acceptors (Lipinski definition) is 3. The molecule has 74 valence electrons. The number of halogens is 1. The molecule has 3 rings (SSSR count). The molecule has 0 saturated heterocycles. The summed E-state index contributed by atoms with van der Waals surface area (Å²) in [5.41, 5.74) is 1.23. The zero-order valence-electron chi connectivity index (χ0n) is 7.61. The van der Waals surface area contributed by atoms with Crippen LogP contribution < -0.4 is 0 Å². The van der Waals surface area contributed by atoms with Gasteiger partial charge in [0.05, 0.1) is 0 Å². The highest BCUT2D eigenvalue weighted by molar-refractivity contribution is 9.10. The topological polar surface area (TPSA) is 12.9 Å². The van der Waals surface area contributed by atoms with E-state index >= 15 is 0 Å². The fourth-order valence-corrected chi connectivity index (χ4v) is 3.80. The first-order valence-electron chi connectivity index (χ1n) is 4.42. The van der Waals surface area contributed by atoms with Gasteiger partial charge in [-0.3, -0.25) is 0 Å². The maximum atomic E-state index is 4.45. The van der Waals surface area contributed by atoms with Crippen molar-refractivity contribution < 1.29 is 0 Å². The summed E-state index contributed by atoms with van der Waals surface area (Å²) in [5, 5.41) is 6.51. The number of nitrogens with zero attached hydrogens (tertiary/aromatic N) is 1. The molecule has 2 aromatic heterocycles. The number of hydrogen-bond donors (Lipinski definition) is 0. The highest BCUT2D eigenvalue weighted by Gasteiger charge is 2.07. The van der Waals surface area contributed by atoms with Crippen LogP contribution in [-0.4, -0.2) is 4.98 Å². The lowest BCUT2D eigenvalue weighted by Gasteiger charge is -1.97. The van der Waals surface area contributed by atoms with Crippen LogP contribution in [0.15, 0.2) is 39.6 Å². The molecule has 0 bridgehead atoms. The normalized spacial score (nSPS) is 11.0. The monoisotopic (exact) mass is 295 g/mol. The van der Waals surface area contributed by atoms with Gasteiger partial charge in [-0.05, 0) is 32.8 Å². The fraction of sp³-hybridized carbons (Fsp3) is 0. The molecule has 0 aliphatic carbocycles. The molecule has 2 heterocycles. The van der Waals surface area contributed by atoms with Gasteiger partial charge in [0, 0.05) is 15.6 Å². The lowest BCUT2D eigenvalue weighted by atomic mass is 10.2. The van der Waals surface area contributed by atoms with Crippen molar-refractivity contribution in [2.24, 2.45) is 0 Å². The van der Waals surface area contributed by atoms with E-state index in [1.807, 2.05) is 5.38 Å². The summed E-state index contributed by atoms with van der Waals surface area (Å²) in [7, 11) is 0. The smallest absolute Gasteiger partial charge is 0.126 e. The van der Waals surface area contributed by atoms with Crippen LogP contribution in [0.5, 0.6) is 0 Å². The van der Waals surface area contributed by atoms with Gasteiger partial charge in [-0.15, -0.1) is 22.7 Å². The first-order chi connectivity index (χ1) is 7.34. The summed E-state index contributed by atoms with van der Waals surface area (Å²) in [6.45, 7) is 0. The SMILES string of the molecule is Brc1csc(-c2cccc3ccsc23)n1. The van der Waals surface area contributed by atoms with Crippen LogP contribution in [0.4, 0.5) is 0 Å². The van der Waals surface area contributed by atoms with Crippen molar-refractivity contribution in [3.63, 3.8) is 0 Å². The molecule has 0 atom stereocenters. The van der Waals surface area contributed by atoms with E-state index in [1.165, 1.54) is 15.6 Å². The summed E-state index contributed by atoms with van der Waals surface area (Å²) < 4.78 is 2.23. The van der Waals surface area contributed by atoms with E-state index in [-0.39, 0.29) is 0 Å². The van der Waals surface area contributed by atoms with Crippen LogP contribution in [0.25, 0.3) is 20.7 Å². The zero-order chi connectivity index (χ0) is 10.3. The maximum absolute atomic E-state index is 4.45. The second-order valence-electron chi connectivity index (χ2n) is 3.12. The molecule has 0 unspecified atom stereocenters. The highest BCUT2D eigenvalue weighted by atomic mass is 79.9. The van der Waals surface area contributed by atoms with E-state index in [0.717, 1.165) is 9.61 Å². The summed E-state index contributed by atoms with van der Waals surface area (Å²) in [6.07, 6.45) is 0. The molecule has 0 aliphatic heterocycles. The average Bonchev–Trinajstić information content (AvgIpc) is 2.84. The predicted octanol–water partition coefficient (Wildman–Crippen LogP) is 4.79. The minimum Gasteiger partial charge on any atom is -0.229 e. The van der Waals surface area contributed by atoms with Gasteiger partial charge in [0.25, 0.3) is 0 Å². The van der Waals surface area contributed by atoms with Crippen LogP contribution >= 0.6 is 38.6 Å². The molecule has 1 aromatic carbocycles. The standard InChI is InChI=1S/C11H6BrNS2/c12-9-6-15-11(13-9)8-3-1-2-7-4-5-14-10(7)8/h1-6H. The van der Waals surface area contributed by atoms with Crippen LogP contribution in [0.3, 0.4) is 0 Å². The van der Waals surface area contributed by atoms with Crippen molar-refractivity contribution in [2.45, 2.75) is 0 Å². The van der Waals surface area contributed by atoms with E-state index in [9.17, 15) is 0 Å². The Labute approximate surface area is 104 Å². The van der Waals surface area contributed by atoms with Crippen molar-refractivity contribution >= 4 is 48.7 Å². The van der Waals surface area contributed by atoms with E-state index in [2.05, 4.69) is 50.6 Å². The summed E-state index contributed by atoms with van der Waals surface area (Å²) in [5.74, 6) is 0. The maximum Gasteiger partial charge on any atom is 0.126 e. The molecule has 0 aliphatic rings. The molecule has 15 heavy (non-hydrogen) atoms. The second-order valence-corrected chi connectivity index (χ2v) is 5.71. The predicted molar refractivity (Wildman–Crippen MR) is 70.6 cm³/mol. The first kappa shape index (κ1) is 9.51. The van der Waals surface area contributed by atoms with Gasteiger partial charge in [-0.1, -0.05) is 18.2 Å². The molecular weight excluding hydrogens is 290 g/mol. The van der Waals surface area contributed by atoms with E-state index in [0.29, 0.717) is 0 Å². The Morgan fingerprint density at radius 3 is 2.87 bits per heavy atom. The van der Waals surface area contributed by atoms with E-state index < -0.39 is 0 Å². The molecule has 0 amide bonds. The van der Waals surface area contributed by atoms with Gasteiger partial charge in [0.2, 0.25) is 0 Å². The minimum absolute atomic E-state index is 0.913. The van der Waals surface area contributed by atoms with Gasteiger partial charge >= 0.3 is 0 Å². The average molecular weight is 296 g/mol. The Balaban J connectivity index is 2.30. The summed E-state index contributed by atoms with van der Waals surface area (Å²) in [4.78, 5) is 4.45. The number of thiophene rings is 1. The minimum atomic E-state index is 0.913. The van der Waals surface area contributed by atoms with Crippen LogP contribution in [0.1, 0.15) is 0 Å². The number of thiazole rings is 1. The van der Waals surface area contributed by atoms with Crippen molar-refractivity contribution in [3.05, 3.63) is 39.6 Å². The van der Waals surface area contributed by atoms with Gasteiger partial charge < -0.3 is 0 Å². The third-order valence-corrected chi connectivity index (χ3v) is 4.73. The van der Waals surface area contributed by atoms with E-state index in [4.69, 9.17) is 0 Å². The number of aromatic nitrogens is 1. The van der Waals surface area contributed by atoms with Gasteiger partial charge in [0.1, 0.15) is 9.61 Å². The Hall–Kier alpha value is -0.710.